The Hall–Kier alpha value is -1.03. The molecule has 0 bridgehead atoms. The van der Waals surface area contributed by atoms with Crippen LogP contribution in [0.5, 0.6) is 11.5 Å². The largest absolute Gasteiger partial charge is 0.493 e. The van der Waals surface area contributed by atoms with E-state index in [4.69, 9.17) is 13.9 Å². The van der Waals surface area contributed by atoms with Crippen LogP contribution in [0.25, 0.3) is 0 Å². The fourth-order valence-electron chi connectivity index (χ4n) is 1.58. The minimum Gasteiger partial charge on any atom is -0.493 e. The van der Waals surface area contributed by atoms with Crippen molar-refractivity contribution in [1.29, 1.82) is 5.26 Å². The Morgan fingerprint density at radius 2 is 1.68 bits per heavy atom. The normalized spacial score (nSPS) is 12.7. The average Bonchev–Trinajstić information content (AvgIpc) is 2.34. The van der Waals surface area contributed by atoms with E-state index in [0.717, 1.165) is 10.0 Å². The number of halogens is 1. The van der Waals surface area contributed by atoms with Crippen molar-refractivity contribution in [2.75, 3.05) is 14.2 Å². The topological polar surface area (TPSA) is 51.5 Å². The van der Waals surface area contributed by atoms with Crippen LogP contribution in [0, 0.1) is 11.3 Å². The molecule has 0 fully saturated rings. The first-order chi connectivity index (χ1) is 8.82. The molecule has 0 saturated carbocycles. The van der Waals surface area contributed by atoms with Crippen LogP contribution in [0.2, 0.25) is 19.6 Å². The van der Waals surface area contributed by atoms with Crippen molar-refractivity contribution in [3.8, 4) is 17.6 Å². The summed E-state index contributed by atoms with van der Waals surface area (Å²) in [7, 11) is 1.33. The van der Waals surface area contributed by atoms with Gasteiger partial charge in [0.25, 0.3) is 0 Å². The van der Waals surface area contributed by atoms with E-state index in [2.05, 4.69) is 22.0 Å². The zero-order chi connectivity index (χ0) is 14.6. The summed E-state index contributed by atoms with van der Waals surface area (Å²) >= 11 is 3.45. The molecule has 1 rings (SSSR count). The summed E-state index contributed by atoms with van der Waals surface area (Å²) in [6.45, 7) is 6.14. The second kappa shape index (κ2) is 6.42. The van der Waals surface area contributed by atoms with E-state index >= 15 is 0 Å². The van der Waals surface area contributed by atoms with Crippen LogP contribution in [0.4, 0.5) is 0 Å². The van der Waals surface area contributed by atoms with E-state index in [1.54, 1.807) is 26.4 Å². The molecule has 1 aromatic carbocycles. The van der Waals surface area contributed by atoms with E-state index in [0.29, 0.717) is 11.5 Å². The summed E-state index contributed by atoms with van der Waals surface area (Å²) in [4.78, 5) is 0. The van der Waals surface area contributed by atoms with E-state index < -0.39 is 14.4 Å². The lowest BCUT2D eigenvalue weighted by atomic mass is 10.1. The highest BCUT2D eigenvalue weighted by atomic mass is 79.9. The van der Waals surface area contributed by atoms with Crippen molar-refractivity contribution in [3.63, 3.8) is 0 Å². The Morgan fingerprint density at radius 1 is 1.16 bits per heavy atom. The van der Waals surface area contributed by atoms with Crippen LogP contribution >= 0.6 is 15.9 Å². The second-order valence-electron chi connectivity index (χ2n) is 4.97. The summed E-state index contributed by atoms with van der Waals surface area (Å²) in [6.07, 6.45) is -0.610. The molecule has 19 heavy (non-hydrogen) atoms. The van der Waals surface area contributed by atoms with Gasteiger partial charge >= 0.3 is 0 Å². The van der Waals surface area contributed by atoms with Gasteiger partial charge in [-0.05, 0) is 31.8 Å². The number of hydrogen-bond acceptors (Lipinski definition) is 4. The van der Waals surface area contributed by atoms with Crippen molar-refractivity contribution in [2.45, 2.75) is 25.7 Å². The van der Waals surface area contributed by atoms with Gasteiger partial charge in [0.1, 0.15) is 0 Å². The summed E-state index contributed by atoms with van der Waals surface area (Å²) in [6, 6.07) is 5.75. The maximum Gasteiger partial charge on any atom is 0.186 e. The molecule has 0 heterocycles. The Balaban J connectivity index is 3.22. The Labute approximate surface area is 123 Å². The summed E-state index contributed by atoms with van der Waals surface area (Å²) in [5.74, 6) is 1.20. The lowest BCUT2D eigenvalue weighted by Crippen LogP contribution is -2.27. The van der Waals surface area contributed by atoms with E-state index in [1.807, 2.05) is 19.6 Å². The highest BCUT2D eigenvalue weighted by molar-refractivity contribution is 9.10. The molecule has 0 aromatic heterocycles. The van der Waals surface area contributed by atoms with Gasteiger partial charge in [-0.15, -0.1) is 0 Å². The third-order valence-corrected chi connectivity index (χ3v) is 4.00. The zero-order valence-electron chi connectivity index (χ0n) is 11.8. The summed E-state index contributed by atoms with van der Waals surface area (Å²) < 4.78 is 17.1. The van der Waals surface area contributed by atoms with Gasteiger partial charge in [-0.25, -0.2) is 0 Å². The smallest absolute Gasteiger partial charge is 0.186 e. The number of ether oxygens (including phenoxy) is 2. The molecule has 1 aromatic rings. The molecule has 6 heteroatoms. The molecule has 0 radical (unpaired) electrons. The monoisotopic (exact) mass is 343 g/mol. The minimum absolute atomic E-state index is 0.583. The van der Waals surface area contributed by atoms with Gasteiger partial charge in [0, 0.05) is 10.0 Å². The average molecular weight is 344 g/mol. The number of nitriles is 1. The van der Waals surface area contributed by atoms with Gasteiger partial charge in [-0.3, -0.25) is 0 Å². The van der Waals surface area contributed by atoms with Crippen molar-refractivity contribution in [1.82, 2.24) is 0 Å². The van der Waals surface area contributed by atoms with Gasteiger partial charge in [-0.1, -0.05) is 15.9 Å². The van der Waals surface area contributed by atoms with Crippen LogP contribution < -0.4 is 9.47 Å². The highest BCUT2D eigenvalue weighted by Crippen LogP contribution is 2.37. The van der Waals surface area contributed by atoms with E-state index in [9.17, 15) is 5.26 Å². The van der Waals surface area contributed by atoms with E-state index in [1.165, 1.54) is 0 Å². The first kappa shape index (κ1) is 16.0. The third kappa shape index (κ3) is 4.23. The molecule has 0 amide bonds. The number of benzene rings is 1. The Morgan fingerprint density at radius 3 is 2.11 bits per heavy atom. The lowest BCUT2D eigenvalue weighted by Gasteiger charge is -2.23. The molecule has 0 spiro atoms. The van der Waals surface area contributed by atoms with Gasteiger partial charge in [0.15, 0.2) is 25.9 Å². The van der Waals surface area contributed by atoms with Gasteiger partial charge < -0.3 is 13.9 Å². The van der Waals surface area contributed by atoms with Crippen LogP contribution in [0.3, 0.4) is 0 Å². The maximum atomic E-state index is 9.31. The molecular weight excluding hydrogens is 326 g/mol. The molecule has 0 aliphatic carbocycles. The first-order valence-electron chi connectivity index (χ1n) is 5.81. The molecule has 0 aliphatic rings. The van der Waals surface area contributed by atoms with Gasteiger partial charge in [0.2, 0.25) is 0 Å². The van der Waals surface area contributed by atoms with Gasteiger partial charge in [-0.2, -0.15) is 5.26 Å². The molecule has 0 N–H and O–H groups in total. The van der Waals surface area contributed by atoms with E-state index in [-0.39, 0.29) is 0 Å². The SMILES string of the molecule is COc1cc(Br)c(C(C#N)O[Si](C)(C)C)cc1OC. The molecule has 1 unspecified atom stereocenters. The Bertz CT molecular complexity index is 494. The molecular formula is C13H18BrNO3Si. The van der Waals surface area contributed by atoms with Crippen LogP contribution in [0.15, 0.2) is 16.6 Å². The summed E-state index contributed by atoms with van der Waals surface area (Å²) in [5, 5.41) is 9.31. The maximum absolute atomic E-state index is 9.31. The third-order valence-electron chi connectivity index (χ3n) is 2.37. The van der Waals surface area contributed by atoms with Crippen LogP contribution in [0.1, 0.15) is 11.7 Å². The summed E-state index contributed by atoms with van der Waals surface area (Å²) in [5.41, 5.74) is 0.752. The lowest BCUT2D eigenvalue weighted by molar-refractivity contribution is 0.253. The molecule has 104 valence electrons. The fraction of sp³-hybridized carbons (Fsp3) is 0.462. The quantitative estimate of drug-likeness (QED) is 0.761. The van der Waals surface area contributed by atoms with Crippen LogP contribution in [-0.2, 0) is 4.43 Å². The van der Waals surface area contributed by atoms with Crippen molar-refractivity contribution in [2.24, 2.45) is 0 Å². The standard InChI is InChI=1S/C13H18BrNO3Si/c1-16-11-6-9(10(14)7-12(11)17-2)13(8-15)18-19(3,4)5/h6-7,13H,1-5H3. The molecule has 4 nitrogen and oxygen atoms in total. The predicted molar refractivity (Wildman–Crippen MR) is 80.0 cm³/mol. The van der Waals surface area contributed by atoms with Crippen molar-refractivity contribution < 1.29 is 13.9 Å². The molecule has 0 saturated heterocycles. The van der Waals surface area contributed by atoms with Crippen molar-refractivity contribution >= 4 is 24.2 Å². The van der Waals surface area contributed by atoms with Crippen LogP contribution in [-0.4, -0.2) is 22.5 Å². The Kier molecular flexibility index (Phi) is 5.41. The first-order valence-corrected chi connectivity index (χ1v) is 10.0. The number of methoxy groups -OCH3 is 2. The molecule has 0 aliphatic heterocycles. The second-order valence-corrected chi connectivity index (χ2v) is 10.3. The highest BCUT2D eigenvalue weighted by Gasteiger charge is 2.25. The predicted octanol–water partition coefficient (Wildman–Crippen LogP) is 3.88. The number of hydrogen-bond donors (Lipinski definition) is 0. The minimum atomic E-state index is -1.81. The zero-order valence-corrected chi connectivity index (χ0v) is 14.4. The molecule has 1 atom stereocenters. The number of rotatable bonds is 5. The van der Waals surface area contributed by atoms with Gasteiger partial charge in [0.05, 0.1) is 20.3 Å². The van der Waals surface area contributed by atoms with Crippen molar-refractivity contribution in [3.05, 3.63) is 22.2 Å². The number of nitrogens with zero attached hydrogens (tertiary/aromatic N) is 1. The fourth-order valence-corrected chi connectivity index (χ4v) is 3.00.